The van der Waals surface area contributed by atoms with Gasteiger partial charge >= 0.3 is 0 Å². The smallest absolute Gasteiger partial charge is 0.155 e. The van der Waals surface area contributed by atoms with Gasteiger partial charge in [0.2, 0.25) is 0 Å². The van der Waals surface area contributed by atoms with Gasteiger partial charge in [0.1, 0.15) is 0 Å². The monoisotopic (exact) mass is 260 g/mol. The number of rotatable bonds is 4. The van der Waals surface area contributed by atoms with Crippen LogP contribution in [0.3, 0.4) is 0 Å². The molecule has 0 atom stereocenters. The zero-order valence-electron chi connectivity index (χ0n) is 10.8. The Bertz CT molecular complexity index is 426. The molecule has 0 aromatic heterocycles. The third-order valence-corrected chi connectivity index (χ3v) is 2.50. The van der Waals surface area contributed by atoms with Crippen molar-refractivity contribution < 1.29 is 15.3 Å². The maximum absolute atomic E-state index is 8.56. The second-order valence-electron chi connectivity index (χ2n) is 4.13. The molecule has 0 saturated heterocycles. The lowest BCUT2D eigenvalue weighted by atomic mass is 10.1. The summed E-state index contributed by atoms with van der Waals surface area (Å²) in [4.78, 5) is 0. The van der Waals surface area contributed by atoms with Gasteiger partial charge in [0.25, 0.3) is 0 Å². The van der Waals surface area contributed by atoms with E-state index in [0.717, 1.165) is 12.0 Å². The first kappa shape index (κ1) is 15.4. The minimum atomic E-state index is -1.23. The minimum absolute atomic E-state index is 0.240. The van der Waals surface area contributed by atoms with Crippen LogP contribution >= 0.6 is 0 Å². The zero-order valence-corrected chi connectivity index (χ0v) is 10.8. The Hall–Kier alpha value is -1.68. The van der Waals surface area contributed by atoms with Crippen LogP contribution in [0.25, 0.3) is 0 Å². The van der Waals surface area contributed by atoms with Gasteiger partial charge in [-0.3, -0.25) is 0 Å². The minimum Gasteiger partial charge on any atom is -0.396 e. The van der Waals surface area contributed by atoms with Crippen molar-refractivity contribution in [3.8, 4) is 0 Å². The maximum Gasteiger partial charge on any atom is 0.155 e. The largest absolute Gasteiger partial charge is 0.396 e. The van der Waals surface area contributed by atoms with Crippen LogP contribution in [0, 0.1) is 0 Å². The molecule has 0 aliphatic heterocycles. The van der Waals surface area contributed by atoms with E-state index in [9.17, 15) is 0 Å². The topological polar surface area (TPSA) is 60.7 Å². The zero-order chi connectivity index (χ0) is 13.9. The van der Waals surface area contributed by atoms with Crippen molar-refractivity contribution in [3.05, 3.63) is 71.8 Å². The SMILES string of the molecule is OC(O)Cc1ccccc1.OCCc1ccccc1. The van der Waals surface area contributed by atoms with Gasteiger partial charge in [0, 0.05) is 13.0 Å². The number of aliphatic hydroxyl groups is 3. The molecule has 0 aliphatic rings. The number of benzene rings is 2. The van der Waals surface area contributed by atoms with Gasteiger partial charge in [0.15, 0.2) is 6.29 Å². The summed E-state index contributed by atoms with van der Waals surface area (Å²) in [6.07, 6.45) is -0.163. The molecule has 0 aliphatic carbocycles. The molecule has 0 fully saturated rings. The Morgan fingerprint density at radius 1 is 0.737 bits per heavy atom. The highest BCUT2D eigenvalue weighted by molar-refractivity contribution is 5.15. The Balaban J connectivity index is 0.000000191. The molecule has 19 heavy (non-hydrogen) atoms. The molecule has 3 N–H and O–H groups in total. The van der Waals surface area contributed by atoms with Crippen molar-refractivity contribution in [2.75, 3.05) is 6.61 Å². The van der Waals surface area contributed by atoms with Gasteiger partial charge in [-0.2, -0.15) is 0 Å². The lowest BCUT2D eigenvalue weighted by molar-refractivity contribution is -0.0381. The van der Waals surface area contributed by atoms with E-state index in [2.05, 4.69) is 0 Å². The van der Waals surface area contributed by atoms with E-state index < -0.39 is 6.29 Å². The van der Waals surface area contributed by atoms with Gasteiger partial charge < -0.3 is 15.3 Å². The molecule has 0 spiro atoms. The molecule has 0 amide bonds. The number of hydrogen-bond donors (Lipinski definition) is 3. The van der Waals surface area contributed by atoms with Crippen LogP contribution in [0.4, 0.5) is 0 Å². The van der Waals surface area contributed by atoms with Crippen LogP contribution in [0.1, 0.15) is 11.1 Å². The van der Waals surface area contributed by atoms with E-state index in [-0.39, 0.29) is 6.61 Å². The molecular weight excluding hydrogens is 240 g/mol. The van der Waals surface area contributed by atoms with E-state index in [4.69, 9.17) is 15.3 Å². The number of hydrogen-bond acceptors (Lipinski definition) is 3. The first-order chi connectivity index (χ1) is 9.22. The Kier molecular flexibility index (Phi) is 7.51. The van der Waals surface area contributed by atoms with Crippen molar-refractivity contribution >= 4 is 0 Å². The molecule has 0 heterocycles. The van der Waals surface area contributed by atoms with Gasteiger partial charge in [-0.05, 0) is 17.5 Å². The summed E-state index contributed by atoms with van der Waals surface area (Å²) in [5.41, 5.74) is 2.14. The highest BCUT2D eigenvalue weighted by Crippen LogP contribution is 2.00. The summed E-state index contributed by atoms with van der Waals surface area (Å²) in [7, 11) is 0. The van der Waals surface area contributed by atoms with E-state index in [0.29, 0.717) is 6.42 Å². The Morgan fingerprint density at radius 3 is 1.63 bits per heavy atom. The average Bonchev–Trinajstić information content (AvgIpc) is 2.41. The van der Waals surface area contributed by atoms with Crippen molar-refractivity contribution in [3.63, 3.8) is 0 Å². The van der Waals surface area contributed by atoms with E-state index in [1.54, 1.807) is 0 Å². The van der Waals surface area contributed by atoms with Crippen molar-refractivity contribution in [2.24, 2.45) is 0 Å². The predicted molar refractivity (Wildman–Crippen MR) is 75.6 cm³/mol. The molecule has 0 bridgehead atoms. The highest BCUT2D eigenvalue weighted by Gasteiger charge is 1.97. The van der Waals surface area contributed by atoms with E-state index in [1.165, 1.54) is 5.56 Å². The molecule has 3 nitrogen and oxygen atoms in total. The van der Waals surface area contributed by atoms with Crippen LogP contribution in [-0.4, -0.2) is 28.2 Å². The summed E-state index contributed by atoms with van der Waals surface area (Å²) < 4.78 is 0. The molecular formula is C16H20O3. The predicted octanol–water partition coefficient (Wildman–Crippen LogP) is 1.76. The van der Waals surface area contributed by atoms with Crippen LogP contribution in [0.15, 0.2) is 60.7 Å². The van der Waals surface area contributed by atoms with Gasteiger partial charge in [0.05, 0.1) is 0 Å². The van der Waals surface area contributed by atoms with Crippen LogP contribution in [0.5, 0.6) is 0 Å². The molecule has 2 aromatic carbocycles. The van der Waals surface area contributed by atoms with Crippen molar-refractivity contribution in [1.82, 2.24) is 0 Å². The Morgan fingerprint density at radius 2 is 1.21 bits per heavy atom. The second kappa shape index (κ2) is 9.28. The van der Waals surface area contributed by atoms with Crippen molar-refractivity contribution in [1.29, 1.82) is 0 Å². The number of aliphatic hydroxyl groups excluding tert-OH is 2. The fourth-order valence-electron chi connectivity index (χ4n) is 1.60. The van der Waals surface area contributed by atoms with Gasteiger partial charge in [-0.25, -0.2) is 0 Å². The van der Waals surface area contributed by atoms with Crippen molar-refractivity contribution in [2.45, 2.75) is 19.1 Å². The average molecular weight is 260 g/mol. The van der Waals surface area contributed by atoms with Gasteiger partial charge in [-0.1, -0.05) is 60.7 Å². The lowest BCUT2D eigenvalue weighted by Gasteiger charge is -2.01. The highest BCUT2D eigenvalue weighted by atomic mass is 16.5. The van der Waals surface area contributed by atoms with Crippen LogP contribution in [-0.2, 0) is 12.8 Å². The fourth-order valence-corrected chi connectivity index (χ4v) is 1.60. The van der Waals surface area contributed by atoms with Gasteiger partial charge in [-0.15, -0.1) is 0 Å². The molecule has 2 aromatic rings. The summed E-state index contributed by atoms with van der Waals surface area (Å²) in [6, 6.07) is 19.3. The standard InChI is InChI=1S/C8H10O2.C8H10O/c9-8(10)6-7-4-2-1-3-5-7;9-7-6-8-4-2-1-3-5-8/h1-5,8-10H,6H2;1-5,9H,6-7H2. The summed E-state index contributed by atoms with van der Waals surface area (Å²) >= 11 is 0. The summed E-state index contributed by atoms with van der Waals surface area (Å²) in [5.74, 6) is 0. The molecule has 102 valence electrons. The first-order valence-electron chi connectivity index (χ1n) is 6.27. The third-order valence-electron chi connectivity index (χ3n) is 2.50. The van der Waals surface area contributed by atoms with Crippen LogP contribution < -0.4 is 0 Å². The Labute approximate surface area is 113 Å². The normalized spacial score (nSPS) is 9.89. The lowest BCUT2D eigenvalue weighted by Crippen LogP contribution is -2.07. The molecule has 2 rings (SSSR count). The van der Waals surface area contributed by atoms with Crippen LogP contribution in [0.2, 0.25) is 0 Å². The first-order valence-corrected chi connectivity index (χ1v) is 6.27. The van der Waals surface area contributed by atoms with E-state index >= 15 is 0 Å². The van der Waals surface area contributed by atoms with E-state index in [1.807, 2.05) is 60.7 Å². The maximum atomic E-state index is 8.56. The summed E-state index contributed by atoms with van der Waals surface area (Å²) in [5, 5.41) is 25.6. The quantitative estimate of drug-likeness (QED) is 0.734. The second-order valence-corrected chi connectivity index (χ2v) is 4.13. The molecule has 0 saturated carbocycles. The summed E-state index contributed by atoms with van der Waals surface area (Å²) in [6.45, 7) is 0.240. The molecule has 0 unspecified atom stereocenters. The third kappa shape index (κ3) is 7.36. The molecule has 0 radical (unpaired) electrons. The molecule has 3 heteroatoms. The fraction of sp³-hybridized carbons (Fsp3) is 0.250.